The van der Waals surface area contributed by atoms with E-state index in [-0.39, 0.29) is 23.9 Å². The van der Waals surface area contributed by atoms with E-state index in [9.17, 15) is 14.9 Å². The smallest absolute Gasteiger partial charge is 0.373 e. The van der Waals surface area contributed by atoms with Gasteiger partial charge in [-0.15, -0.1) is 0 Å². The van der Waals surface area contributed by atoms with E-state index in [0.29, 0.717) is 11.4 Å². The Morgan fingerprint density at radius 2 is 1.78 bits per heavy atom. The van der Waals surface area contributed by atoms with Gasteiger partial charge in [-0.05, 0) is 42.0 Å². The molecule has 4 rings (SSSR count). The van der Waals surface area contributed by atoms with Crippen molar-refractivity contribution in [3.63, 3.8) is 0 Å². The number of hydrogen-bond acceptors (Lipinski definition) is 8. The molecule has 0 saturated carbocycles. The van der Waals surface area contributed by atoms with Gasteiger partial charge >= 0.3 is 17.5 Å². The maximum absolute atomic E-state index is 12.2. The molecule has 3 aromatic carbocycles. The largest absolute Gasteiger partial charge is 0.462 e. The first-order valence-electron chi connectivity index (χ1n) is 9.76. The van der Waals surface area contributed by atoms with Crippen LogP contribution in [0.1, 0.15) is 17.3 Å². The topological polar surface area (TPSA) is 116 Å². The van der Waals surface area contributed by atoms with Crippen molar-refractivity contribution in [2.75, 3.05) is 11.9 Å². The third kappa shape index (κ3) is 4.31. The lowest BCUT2D eigenvalue weighted by Gasteiger charge is -2.12. The quantitative estimate of drug-likeness (QED) is 0.240. The van der Waals surface area contributed by atoms with E-state index in [2.05, 4.69) is 15.3 Å². The highest BCUT2D eigenvalue weighted by Gasteiger charge is 2.26. The molecule has 0 saturated heterocycles. The predicted molar refractivity (Wildman–Crippen MR) is 118 cm³/mol. The van der Waals surface area contributed by atoms with Crippen molar-refractivity contribution in [2.45, 2.75) is 6.92 Å². The van der Waals surface area contributed by atoms with Gasteiger partial charge in [0.15, 0.2) is 0 Å². The minimum atomic E-state index is -0.633. The molecular weight excluding hydrogens is 412 g/mol. The molecule has 1 heterocycles. The Kier molecular flexibility index (Phi) is 5.89. The van der Waals surface area contributed by atoms with Crippen molar-refractivity contribution in [1.82, 2.24) is 9.97 Å². The zero-order valence-corrected chi connectivity index (χ0v) is 17.0. The van der Waals surface area contributed by atoms with Crippen molar-refractivity contribution in [3.05, 3.63) is 88.7 Å². The van der Waals surface area contributed by atoms with Gasteiger partial charge in [-0.3, -0.25) is 10.1 Å². The van der Waals surface area contributed by atoms with Gasteiger partial charge in [-0.2, -0.15) is 4.98 Å². The van der Waals surface area contributed by atoms with Gasteiger partial charge in [-0.1, -0.05) is 42.5 Å². The summed E-state index contributed by atoms with van der Waals surface area (Å²) < 4.78 is 10.8. The summed E-state index contributed by atoms with van der Waals surface area (Å²) in [5, 5.41) is 16.6. The van der Waals surface area contributed by atoms with Gasteiger partial charge < -0.3 is 14.8 Å². The molecule has 0 atom stereocenters. The van der Waals surface area contributed by atoms with Gasteiger partial charge in [-0.25, -0.2) is 9.78 Å². The molecule has 1 aromatic heterocycles. The molecule has 160 valence electrons. The maximum atomic E-state index is 12.2. The van der Waals surface area contributed by atoms with Crippen LogP contribution in [0.3, 0.4) is 0 Å². The van der Waals surface area contributed by atoms with Crippen LogP contribution < -0.4 is 10.1 Å². The molecule has 4 aromatic rings. The number of anilines is 2. The number of ether oxygens (including phenoxy) is 2. The zero-order chi connectivity index (χ0) is 22.5. The molecule has 0 aliphatic rings. The lowest BCUT2D eigenvalue weighted by Crippen LogP contribution is -2.09. The van der Waals surface area contributed by atoms with E-state index in [1.54, 1.807) is 43.3 Å². The van der Waals surface area contributed by atoms with Gasteiger partial charge in [0.1, 0.15) is 12.1 Å². The number of nitrogens with one attached hydrogen (secondary N) is 1. The van der Waals surface area contributed by atoms with E-state index in [1.165, 1.54) is 0 Å². The van der Waals surface area contributed by atoms with E-state index < -0.39 is 16.6 Å². The summed E-state index contributed by atoms with van der Waals surface area (Å²) in [5.74, 6) is -0.503. The lowest BCUT2D eigenvalue weighted by atomic mass is 10.1. The lowest BCUT2D eigenvalue weighted by molar-refractivity contribution is -0.385. The van der Waals surface area contributed by atoms with E-state index in [0.717, 1.165) is 17.1 Å². The number of fused-ring (bicyclic) bond motifs is 1. The zero-order valence-electron chi connectivity index (χ0n) is 17.0. The van der Waals surface area contributed by atoms with Crippen molar-refractivity contribution < 1.29 is 19.2 Å². The first kappa shape index (κ1) is 20.7. The SMILES string of the molecule is CCOC(=O)c1ccccc1Nc1ncnc(Oc2ccc3ccccc3c2)c1[N+](=O)[O-]. The Morgan fingerprint density at radius 1 is 1.03 bits per heavy atom. The average molecular weight is 430 g/mol. The van der Waals surface area contributed by atoms with E-state index >= 15 is 0 Å². The Balaban J connectivity index is 1.70. The number of nitrogens with zero attached hydrogens (tertiary/aromatic N) is 3. The molecule has 0 fully saturated rings. The summed E-state index contributed by atoms with van der Waals surface area (Å²) in [4.78, 5) is 31.4. The van der Waals surface area contributed by atoms with Crippen molar-refractivity contribution in [3.8, 4) is 11.6 Å². The highest BCUT2D eigenvalue weighted by Crippen LogP contribution is 2.36. The molecule has 9 heteroatoms. The number of esters is 1. The molecule has 32 heavy (non-hydrogen) atoms. The van der Waals surface area contributed by atoms with Crippen LogP contribution in [0.2, 0.25) is 0 Å². The Labute approximate surface area is 182 Å². The number of aromatic nitrogens is 2. The fraction of sp³-hybridized carbons (Fsp3) is 0.0870. The third-order valence-corrected chi connectivity index (χ3v) is 4.58. The molecule has 0 spiro atoms. The van der Waals surface area contributed by atoms with E-state index in [1.807, 2.05) is 30.3 Å². The van der Waals surface area contributed by atoms with Crippen LogP contribution in [0, 0.1) is 10.1 Å². The van der Waals surface area contributed by atoms with Crippen molar-refractivity contribution >= 4 is 33.9 Å². The normalized spacial score (nSPS) is 10.5. The second-order valence-electron chi connectivity index (χ2n) is 6.64. The number of carbonyl (C=O) groups is 1. The number of rotatable bonds is 7. The number of hydrogen-bond donors (Lipinski definition) is 1. The molecule has 0 bridgehead atoms. The van der Waals surface area contributed by atoms with Gasteiger partial charge in [0.05, 0.1) is 22.8 Å². The number of benzene rings is 3. The van der Waals surface area contributed by atoms with Gasteiger partial charge in [0.2, 0.25) is 5.82 Å². The van der Waals surface area contributed by atoms with Crippen LogP contribution >= 0.6 is 0 Å². The second-order valence-corrected chi connectivity index (χ2v) is 6.64. The highest BCUT2D eigenvalue weighted by molar-refractivity contribution is 5.96. The molecule has 0 unspecified atom stereocenters. The highest BCUT2D eigenvalue weighted by atomic mass is 16.6. The predicted octanol–water partition coefficient (Wildman–Crippen LogP) is 5.25. The summed E-state index contributed by atoms with van der Waals surface area (Å²) in [6.07, 6.45) is 1.15. The third-order valence-electron chi connectivity index (χ3n) is 4.58. The Morgan fingerprint density at radius 3 is 2.56 bits per heavy atom. The molecule has 1 N–H and O–H groups in total. The van der Waals surface area contributed by atoms with Crippen molar-refractivity contribution in [1.29, 1.82) is 0 Å². The van der Waals surface area contributed by atoms with Crippen LogP contribution in [-0.2, 0) is 4.74 Å². The summed E-state index contributed by atoms with van der Waals surface area (Å²) >= 11 is 0. The van der Waals surface area contributed by atoms with Crippen LogP contribution in [-0.4, -0.2) is 27.5 Å². The van der Waals surface area contributed by atoms with E-state index in [4.69, 9.17) is 9.47 Å². The number of carbonyl (C=O) groups excluding carboxylic acids is 1. The Bertz CT molecular complexity index is 1310. The minimum Gasteiger partial charge on any atom is -0.462 e. The number of nitro groups is 1. The van der Waals surface area contributed by atoms with Crippen LogP contribution in [0.4, 0.5) is 17.2 Å². The summed E-state index contributed by atoms with van der Waals surface area (Å²) in [6, 6.07) is 19.5. The molecule has 0 radical (unpaired) electrons. The van der Waals surface area contributed by atoms with Crippen molar-refractivity contribution in [2.24, 2.45) is 0 Å². The molecule has 0 aliphatic heterocycles. The molecular formula is C23H18N4O5. The Hall–Kier alpha value is -4.53. The standard InChI is InChI=1S/C23H18N4O5/c1-2-31-23(28)18-9-5-6-10-19(18)26-21-20(27(29)30)22(25-14-24-21)32-17-12-11-15-7-3-4-8-16(15)13-17/h3-14H,2H2,1H3,(H,24,25,26). The summed E-state index contributed by atoms with van der Waals surface area (Å²) in [6.45, 7) is 1.89. The maximum Gasteiger partial charge on any atom is 0.373 e. The summed E-state index contributed by atoms with van der Waals surface area (Å²) in [7, 11) is 0. The first-order chi connectivity index (χ1) is 15.6. The van der Waals surface area contributed by atoms with Gasteiger partial charge in [0.25, 0.3) is 0 Å². The van der Waals surface area contributed by atoms with Crippen LogP contribution in [0.15, 0.2) is 73.1 Å². The minimum absolute atomic E-state index is 0.113. The monoisotopic (exact) mass is 430 g/mol. The fourth-order valence-electron chi connectivity index (χ4n) is 3.14. The molecule has 0 amide bonds. The second kappa shape index (κ2) is 9.09. The average Bonchev–Trinajstić information content (AvgIpc) is 2.79. The van der Waals surface area contributed by atoms with Crippen LogP contribution in [0.5, 0.6) is 11.6 Å². The first-order valence-corrected chi connectivity index (χ1v) is 9.76. The molecule has 0 aliphatic carbocycles. The van der Waals surface area contributed by atoms with Gasteiger partial charge in [0, 0.05) is 0 Å². The summed E-state index contributed by atoms with van der Waals surface area (Å²) in [5.41, 5.74) is 0.0722. The number of para-hydroxylation sites is 1. The molecule has 9 nitrogen and oxygen atoms in total. The fourth-order valence-corrected chi connectivity index (χ4v) is 3.14. The van der Waals surface area contributed by atoms with Crippen LogP contribution in [0.25, 0.3) is 10.8 Å².